The molecule has 21 heavy (non-hydrogen) atoms. The molecule has 0 aliphatic heterocycles. The van der Waals surface area contributed by atoms with Crippen LogP contribution in [0.3, 0.4) is 0 Å². The van der Waals surface area contributed by atoms with E-state index in [4.69, 9.17) is 5.73 Å². The second kappa shape index (κ2) is 7.41. The van der Waals surface area contributed by atoms with Crippen molar-refractivity contribution in [1.82, 2.24) is 4.90 Å². The summed E-state index contributed by atoms with van der Waals surface area (Å²) in [4.78, 5) is 14.3. The van der Waals surface area contributed by atoms with Gasteiger partial charge in [-0.2, -0.15) is 0 Å². The number of carbonyl (C=O) groups is 1. The number of carbonyl (C=O) groups excluding carboxylic acids is 1. The number of nitrogens with zero attached hydrogens (tertiary/aromatic N) is 1. The fourth-order valence-electron chi connectivity index (χ4n) is 2.96. The van der Waals surface area contributed by atoms with Crippen LogP contribution in [0.2, 0.25) is 0 Å². The van der Waals surface area contributed by atoms with Crippen LogP contribution in [0.4, 0.5) is 15.8 Å². The first-order valence-corrected chi connectivity index (χ1v) is 7.69. The van der Waals surface area contributed by atoms with Gasteiger partial charge >= 0.3 is 0 Å². The molecule has 1 aliphatic rings. The minimum atomic E-state index is -0.460. The molecule has 1 fully saturated rings. The van der Waals surface area contributed by atoms with E-state index >= 15 is 0 Å². The molecule has 1 saturated carbocycles. The summed E-state index contributed by atoms with van der Waals surface area (Å²) in [5, 5.41) is 2.62. The summed E-state index contributed by atoms with van der Waals surface area (Å²) in [6, 6.07) is 4.67. The highest BCUT2D eigenvalue weighted by Gasteiger charge is 2.22. The number of benzene rings is 1. The van der Waals surface area contributed by atoms with Crippen molar-refractivity contribution in [3.63, 3.8) is 0 Å². The molecule has 0 spiro atoms. The van der Waals surface area contributed by atoms with E-state index < -0.39 is 5.82 Å². The lowest BCUT2D eigenvalue weighted by molar-refractivity contribution is -0.118. The van der Waals surface area contributed by atoms with Crippen LogP contribution in [0.5, 0.6) is 0 Å². The second-order valence-corrected chi connectivity index (χ2v) is 5.64. The SMILES string of the molecule is CCN(CC(=O)Nc1cc(N)ccc1F)C1CCCCC1. The highest BCUT2D eigenvalue weighted by atomic mass is 19.1. The highest BCUT2D eigenvalue weighted by molar-refractivity contribution is 5.92. The van der Waals surface area contributed by atoms with Gasteiger partial charge in [-0.25, -0.2) is 4.39 Å². The molecule has 0 bridgehead atoms. The van der Waals surface area contributed by atoms with E-state index in [1.165, 1.54) is 37.5 Å². The maximum atomic E-state index is 13.6. The van der Waals surface area contributed by atoms with Crippen molar-refractivity contribution in [3.8, 4) is 0 Å². The number of rotatable bonds is 5. The lowest BCUT2D eigenvalue weighted by Crippen LogP contribution is -2.41. The topological polar surface area (TPSA) is 58.4 Å². The maximum Gasteiger partial charge on any atom is 0.238 e. The molecular formula is C16H24FN3O. The Labute approximate surface area is 125 Å². The fraction of sp³-hybridized carbons (Fsp3) is 0.562. The summed E-state index contributed by atoms with van der Waals surface area (Å²) < 4.78 is 13.6. The molecule has 0 radical (unpaired) electrons. The number of halogens is 1. The number of hydrogen-bond donors (Lipinski definition) is 2. The molecule has 1 amide bonds. The monoisotopic (exact) mass is 293 g/mol. The molecule has 2 rings (SSSR count). The van der Waals surface area contributed by atoms with Crippen molar-refractivity contribution in [1.29, 1.82) is 0 Å². The Bertz CT molecular complexity index is 486. The standard InChI is InChI=1S/C16H24FN3O/c1-2-20(13-6-4-3-5-7-13)11-16(21)19-15-10-12(18)8-9-14(15)17/h8-10,13H,2-7,11,18H2,1H3,(H,19,21). The van der Waals surface area contributed by atoms with Gasteiger partial charge in [0.1, 0.15) is 5.82 Å². The van der Waals surface area contributed by atoms with E-state index in [2.05, 4.69) is 17.1 Å². The van der Waals surface area contributed by atoms with E-state index in [-0.39, 0.29) is 11.6 Å². The van der Waals surface area contributed by atoms with Gasteiger partial charge in [0, 0.05) is 11.7 Å². The molecule has 3 N–H and O–H groups in total. The molecule has 1 aliphatic carbocycles. The van der Waals surface area contributed by atoms with Crippen LogP contribution >= 0.6 is 0 Å². The molecule has 0 atom stereocenters. The molecule has 0 unspecified atom stereocenters. The third-order valence-corrected chi connectivity index (χ3v) is 4.11. The zero-order valence-corrected chi connectivity index (χ0v) is 12.6. The lowest BCUT2D eigenvalue weighted by Gasteiger charge is -2.32. The van der Waals surface area contributed by atoms with Crippen LogP contribution in [-0.4, -0.2) is 29.9 Å². The number of likely N-dealkylation sites (N-methyl/N-ethyl adjacent to an activating group) is 1. The van der Waals surface area contributed by atoms with Gasteiger partial charge in [-0.05, 0) is 37.6 Å². The maximum absolute atomic E-state index is 13.6. The Balaban J connectivity index is 1.94. The number of nitrogen functional groups attached to an aromatic ring is 1. The summed E-state index contributed by atoms with van der Waals surface area (Å²) in [6.45, 7) is 3.19. The fourth-order valence-corrected chi connectivity index (χ4v) is 2.96. The number of amides is 1. The number of hydrogen-bond acceptors (Lipinski definition) is 3. The van der Waals surface area contributed by atoms with Gasteiger partial charge in [-0.1, -0.05) is 26.2 Å². The third kappa shape index (κ3) is 4.43. The first-order valence-electron chi connectivity index (χ1n) is 7.69. The normalized spacial score (nSPS) is 16.1. The van der Waals surface area contributed by atoms with Gasteiger partial charge in [0.2, 0.25) is 5.91 Å². The van der Waals surface area contributed by atoms with Crippen LogP contribution in [0.15, 0.2) is 18.2 Å². The van der Waals surface area contributed by atoms with E-state index in [0.717, 1.165) is 19.4 Å². The van der Waals surface area contributed by atoms with E-state index in [0.29, 0.717) is 18.3 Å². The Kier molecular flexibility index (Phi) is 5.56. The Morgan fingerprint density at radius 3 is 2.76 bits per heavy atom. The molecule has 1 aromatic rings. The predicted octanol–water partition coefficient (Wildman–Crippen LogP) is 3.00. The number of anilines is 2. The lowest BCUT2D eigenvalue weighted by atomic mass is 9.94. The van der Waals surface area contributed by atoms with E-state index in [1.807, 2.05) is 0 Å². The van der Waals surface area contributed by atoms with Crippen LogP contribution < -0.4 is 11.1 Å². The summed E-state index contributed by atoms with van der Waals surface area (Å²) in [5.74, 6) is -0.648. The summed E-state index contributed by atoms with van der Waals surface area (Å²) in [7, 11) is 0. The van der Waals surface area contributed by atoms with Gasteiger partial charge in [0.25, 0.3) is 0 Å². The largest absolute Gasteiger partial charge is 0.399 e. The summed E-state index contributed by atoms with van der Waals surface area (Å²) >= 11 is 0. The quantitative estimate of drug-likeness (QED) is 0.821. The van der Waals surface area contributed by atoms with Crippen LogP contribution in [0.25, 0.3) is 0 Å². The molecule has 0 saturated heterocycles. The summed E-state index contributed by atoms with van der Waals surface area (Å²) in [5.41, 5.74) is 6.21. The zero-order chi connectivity index (χ0) is 15.2. The van der Waals surface area contributed by atoms with Gasteiger partial charge in [0.05, 0.1) is 12.2 Å². The van der Waals surface area contributed by atoms with Crippen LogP contribution in [0.1, 0.15) is 39.0 Å². The van der Waals surface area contributed by atoms with Gasteiger partial charge in [0.15, 0.2) is 0 Å². The van der Waals surface area contributed by atoms with E-state index in [9.17, 15) is 9.18 Å². The zero-order valence-electron chi connectivity index (χ0n) is 12.6. The molecule has 116 valence electrons. The minimum absolute atomic E-state index is 0.152. The smallest absolute Gasteiger partial charge is 0.238 e. The summed E-state index contributed by atoms with van der Waals surface area (Å²) in [6.07, 6.45) is 6.04. The van der Waals surface area contributed by atoms with Crippen molar-refractivity contribution in [3.05, 3.63) is 24.0 Å². The Hall–Kier alpha value is -1.62. The molecule has 0 aromatic heterocycles. The first kappa shape index (κ1) is 15.8. The van der Waals surface area contributed by atoms with Crippen molar-refractivity contribution in [2.24, 2.45) is 0 Å². The molecule has 4 nitrogen and oxygen atoms in total. The van der Waals surface area contributed by atoms with Crippen molar-refractivity contribution in [2.75, 3.05) is 24.1 Å². The van der Waals surface area contributed by atoms with Crippen LogP contribution in [-0.2, 0) is 4.79 Å². The Morgan fingerprint density at radius 2 is 2.10 bits per heavy atom. The molecule has 0 heterocycles. The molecule has 1 aromatic carbocycles. The van der Waals surface area contributed by atoms with E-state index in [1.54, 1.807) is 0 Å². The first-order chi connectivity index (χ1) is 10.1. The number of nitrogens with one attached hydrogen (secondary N) is 1. The molecule has 5 heteroatoms. The third-order valence-electron chi connectivity index (χ3n) is 4.11. The number of nitrogens with two attached hydrogens (primary N) is 1. The van der Waals surface area contributed by atoms with Gasteiger partial charge < -0.3 is 11.1 Å². The van der Waals surface area contributed by atoms with Crippen molar-refractivity contribution in [2.45, 2.75) is 45.1 Å². The predicted molar refractivity (Wildman–Crippen MR) is 83.6 cm³/mol. The second-order valence-electron chi connectivity index (χ2n) is 5.64. The van der Waals surface area contributed by atoms with Crippen molar-refractivity contribution < 1.29 is 9.18 Å². The Morgan fingerprint density at radius 1 is 1.38 bits per heavy atom. The van der Waals surface area contributed by atoms with Gasteiger partial charge in [-0.3, -0.25) is 9.69 Å². The van der Waals surface area contributed by atoms with Gasteiger partial charge in [-0.15, -0.1) is 0 Å². The average Bonchev–Trinajstić information content (AvgIpc) is 2.49. The minimum Gasteiger partial charge on any atom is -0.399 e. The van der Waals surface area contributed by atoms with Crippen molar-refractivity contribution >= 4 is 17.3 Å². The average molecular weight is 293 g/mol. The molecular weight excluding hydrogens is 269 g/mol. The highest BCUT2D eigenvalue weighted by Crippen LogP contribution is 2.22. The van der Waals surface area contributed by atoms with Crippen LogP contribution in [0, 0.1) is 5.82 Å².